The summed E-state index contributed by atoms with van der Waals surface area (Å²) in [6, 6.07) is 7.50. The lowest BCUT2D eigenvalue weighted by Gasteiger charge is -2.25. The first-order valence-electron chi connectivity index (χ1n) is 7.22. The van der Waals surface area contributed by atoms with E-state index in [0.29, 0.717) is 12.8 Å². The van der Waals surface area contributed by atoms with Crippen LogP contribution in [0.1, 0.15) is 38.7 Å². The summed E-state index contributed by atoms with van der Waals surface area (Å²) in [5, 5.41) is 2.97. The van der Waals surface area contributed by atoms with Crippen molar-refractivity contribution in [1.82, 2.24) is 5.32 Å². The van der Waals surface area contributed by atoms with Gasteiger partial charge in [0.2, 0.25) is 11.8 Å². The van der Waals surface area contributed by atoms with Gasteiger partial charge in [-0.1, -0.05) is 24.6 Å². The zero-order valence-electron chi connectivity index (χ0n) is 12.3. The summed E-state index contributed by atoms with van der Waals surface area (Å²) < 4.78 is 0. The summed E-state index contributed by atoms with van der Waals surface area (Å²) in [7, 11) is 0. The molecule has 0 radical (unpaired) electrons. The van der Waals surface area contributed by atoms with Gasteiger partial charge in [0, 0.05) is 18.2 Å². The van der Waals surface area contributed by atoms with E-state index in [2.05, 4.69) is 5.32 Å². The van der Waals surface area contributed by atoms with Crippen LogP contribution in [0.15, 0.2) is 24.3 Å². The number of carbonyl (C=O) groups excluding carboxylic acids is 2. The van der Waals surface area contributed by atoms with Crippen molar-refractivity contribution in [2.45, 2.75) is 52.1 Å². The molecular formula is C16H22N2O2. The van der Waals surface area contributed by atoms with Crippen LogP contribution in [-0.4, -0.2) is 23.9 Å². The second-order valence-electron chi connectivity index (χ2n) is 5.47. The van der Waals surface area contributed by atoms with Crippen molar-refractivity contribution < 1.29 is 9.59 Å². The normalized spacial score (nSPS) is 20.1. The summed E-state index contributed by atoms with van der Waals surface area (Å²) in [6.45, 7) is 6.01. The lowest BCUT2D eigenvalue weighted by molar-refractivity contribution is -0.124. The van der Waals surface area contributed by atoms with E-state index in [1.807, 2.05) is 45.0 Å². The first kappa shape index (κ1) is 14.6. The highest BCUT2D eigenvalue weighted by atomic mass is 16.2. The van der Waals surface area contributed by atoms with Crippen LogP contribution in [0.5, 0.6) is 0 Å². The largest absolute Gasteiger partial charge is 0.352 e. The molecule has 0 bridgehead atoms. The fraction of sp³-hybridized carbons (Fsp3) is 0.500. The van der Waals surface area contributed by atoms with Crippen LogP contribution < -0.4 is 10.2 Å². The Labute approximate surface area is 120 Å². The second-order valence-corrected chi connectivity index (χ2v) is 5.47. The molecule has 2 unspecified atom stereocenters. The monoisotopic (exact) mass is 274 g/mol. The SMILES string of the molecule is CCC(C)NC(=O)C1CCC(=O)N1c1ccc(C)cc1. The van der Waals surface area contributed by atoms with Gasteiger partial charge in [-0.15, -0.1) is 0 Å². The Morgan fingerprint density at radius 2 is 2.05 bits per heavy atom. The maximum atomic E-state index is 12.3. The van der Waals surface area contributed by atoms with Gasteiger partial charge >= 0.3 is 0 Å². The van der Waals surface area contributed by atoms with Crippen LogP contribution in [0.25, 0.3) is 0 Å². The third-order valence-corrected chi connectivity index (χ3v) is 3.83. The molecule has 0 aliphatic carbocycles. The second kappa shape index (κ2) is 6.07. The van der Waals surface area contributed by atoms with E-state index in [1.54, 1.807) is 4.90 Å². The molecular weight excluding hydrogens is 252 g/mol. The number of nitrogens with zero attached hydrogens (tertiary/aromatic N) is 1. The van der Waals surface area contributed by atoms with Crippen molar-refractivity contribution in [3.05, 3.63) is 29.8 Å². The molecule has 1 aliphatic heterocycles. The Balaban J connectivity index is 2.18. The van der Waals surface area contributed by atoms with Gasteiger partial charge in [0.25, 0.3) is 0 Å². The number of hydrogen-bond acceptors (Lipinski definition) is 2. The number of carbonyl (C=O) groups is 2. The Morgan fingerprint density at radius 3 is 2.65 bits per heavy atom. The highest BCUT2D eigenvalue weighted by molar-refractivity contribution is 6.03. The zero-order chi connectivity index (χ0) is 14.7. The molecule has 1 aromatic carbocycles. The van der Waals surface area contributed by atoms with Gasteiger partial charge in [0.15, 0.2) is 0 Å². The fourth-order valence-electron chi connectivity index (χ4n) is 2.40. The summed E-state index contributed by atoms with van der Waals surface area (Å²) in [4.78, 5) is 26.0. The van der Waals surface area contributed by atoms with Gasteiger partial charge in [0.1, 0.15) is 6.04 Å². The molecule has 1 saturated heterocycles. The molecule has 0 aromatic heterocycles. The van der Waals surface area contributed by atoms with E-state index in [4.69, 9.17) is 0 Å². The number of amides is 2. The standard InChI is InChI=1S/C16H22N2O2/c1-4-12(3)17-16(20)14-9-10-15(19)18(14)13-7-5-11(2)6-8-13/h5-8,12,14H,4,9-10H2,1-3H3,(H,17,20). The van der Waals surface area contributed by atoms with Gasteiger partial charge < -0.3 is 5.32 Å². The Morgan fingerprint density at radius 1 is 1.40 bits per heavy atom. The van der Waals surface area contributed by atoms with E-state index in [0.717, 1.165) is 17.7 Å². The third-order valence-electron chi connectivity index (χ3n) is 3.83. The van der Waals surface area contributed by atoms with E-state index in [9.17, 15) is 9.59 Å². The predicted octanol–water partition coefficient (Wildman–Crippen LogP) is 2.41. The Hall–Kier alpha value is -1.84. The molecule has 2 rings (SSSR count). The number of nitrogens with one attached hydrogen (secondary N) is 1. The predicted molar refractivity (Wildman–Crippen MR) is 79.6 cm³/mol. The first-order chi connectivity index (χ1) is 9.52. The van der Waals surface area contributed by atoms with Crippen molar-refractivity contribution >= 4 is 17.5 Å². The summed E-state index contributed by atoms with van der Waals surface area (Å²) >= 11 is 0. The molecule has 108 valence electrons. The van der Waals surface area contributed by atoms with Crippen LogP contribution in [0, 0.1) is 6.92 Å². The van der Waals surface area contributed by atoms with Crippen LogP contribution in [0.3, 0.4) is 0 Å². The quantitative estimate of drug-likeness (QED) is 0.916. The minimum atomic E-state index is -0.376. The van der Waals surface area contributed by atoms with Crippen LogP contribution in [0.2, 0.25) is 0 Å². The average molecular weight is 274 g/mol. The maximum Gasteiger partial charge on any atom is 0.243 e. The van der Waals surface area contributed by atoms with Gasteiger partial charge in [-0.3, -0.25) is 14.5 Å². The molecule has 1 aromatic rings. The van der Waals surface area contributed by atoms with Crippen LogP contribution >= 0.6 is 0 Å². The number of anilines is 1. The summed E-state index contributed by atoms with van der Waals surface area (Å²) in [5.74, 6) is -0.0241. The minimum Gasteiger partial charge on any atom is -0.352 e. The summed E-state index contributed by atoms with van der Waals surface area (Å²) in [5.41, 5.74) is 1.95. The minimum absolute atomic E-state index is 0.0261. The molecule has 20 heavy (non-hydrogen) atoms. The van der Waals surface area contributed by atoms with Gasteiger partial charge in [-0.25, -0.2) is 0 Å². The zero-order valence-corrected chi connectivity index (χ0v) is 12.3. The van der Waals surface area contributed by atoms with Crippen molar-refractivity contribution in [3.8, 4) is 0 Å². The first-order valence-corrected chi connectivity index (χ1v) is 7.22. The molecule has 1 fully saturated rings. The molecule has 1 heterocycles. The molecule has 0 saturated carbocycles. The van der Waals surface area contributed by atoms with Crippen molar-refractivity contribution in [3.63, 3.8) is 0 Å². The number of rotatable bonds is 4. The Kier molecular flexibility index (Phi) is 4.42. The van der Waals surface area contributed by atoms with Gasteiger partial charge in [0.05, 0.1) is 0 Å². The highest BCUT2D eigenvalue weighted by Crippen LogP contribution is 2.27. The van der Waals surface area contributed by atoms with E-state index >= 15 is 0 Å². The third kappa shape index (κ3) is 3.00. The van der Waals surface area contributed by atoms with E-state index in [-0.39, 0.29) is 23.9 Å². The average Bonchev–Trinajstić information content (AvgIpc) is 2.81. The van der Waals surface area contributed by atoms with Crippen LogP contribution in [-0.2, 0) is 9.59 Å². The number of aryl methyl sites for hydroxylation is 1. The van der Waals surface area contributed by atoms with Crippen LogP contribution in [0.4, 0.5) is 5.69 Å². The fourth-order valence-corrected chi connectivity index (χ4v) is 2.40. The van der Waals surface area contributed by atoms with Crippen molar-refractivity contribution in [2.75, 3.05) is 4.90 Å². The molecule has 2 amide bonds. The molecule has 1 N–H and O–H groups in total. The molecule has 4 nitrogen and oxygen atoms in total. The molecule has 2 atom stereocenters. The van der Waals surface area contributed by atoms with Crippen molar-refractivity contribution in [2.24, 2.45) is 0 Å². The topological polar surface area (TPSA) is 49.4 Å². The smallest absolute Gasteiger partial charge is 0.243 e. The maximum absolute atomic E-state index is 12.3. The number of hydrogen-bond donors (Lipinski definition) is 1. The highest BCUT2D eigenvalue weighted by Gasteiger charge is 2.37. The van der Waals surface area contributed by atoms with Crippen molar-refractivity contribution in [1.29, 1.82) is 0 Å². The molecule has 0 spiro atoms. The van der Waals surface area contributed by atoms with E-state index < -0.39 is 0 Å². The van der Waals surface area contributed by atoms with Gasteiger partial charge in [-0.2, -0.15) is 0 Å². The lowest BCUT2D eigenvalue weighted by Crippen LogP contribution is -2.47. The summed E-state index contributed by atoms with van der Waals surface area (Å²) in [6.07, 6.45) is 1.92. The molecule has 1 aliphatic rings. The number of benzene rings is 1. The molecule has 4 heteroatoms. The van der Waals surface area contributed by atoms with E-state index in [1.165, 1.54) is 0 Å². The van der Waals surface area contributed by atoms with Gasteiger partial charge in [-0.05, 0) is 38.8 Å². The lowest BCUT2D eigenvalue weighted by atomic mass is 10.1. The Bertz CT molecular complexity index is 496.